The number of carbonyl (C=O) groups is 2. The van der Waals surface area contributed by atoms with E-state index in [1.165, 1.54) is 0 Å². The summed E-state index contributed by atoms with van der Waals surface area (Å²) in [6, 6.07) is 0. The summed E-state index contributed by atoms with van der Waals surface area (Å²) in [4.78, 5) is 31.1. The molecule has 1 aromatic rings. The van der Waals surface area contributed by atoms with Crippen LogP contribution in [-0.4, -0.2) is 70.8 Å². The molecule has 156 valence electrons. The van der Waals surface area contributed by atoms with Crippen molar-refractivity contribution in [2.75, 3.05) is 32.8 Å². The van der Waals surface area contributed by atoms with E-state index in [1.54, 1.807) is 30.2 Å². The Balaban J connectivity index is 1.24. The Labute approximate surface area is 169 Å². The molecular weight excluding hydrogens is 376 g/mol. The van der Waals surface area contributed by atoms with Crippen LogP contribution in [-0.2, 0) is 30.3 Å². The Morgan fingerprint density at radius 3 is 3.00 bits per heavy atom. The summed E-state index contributed by atoms with van der Waals surface area (Å²) in [6.07, 6.45) is 7.14. The highest BCUT2D eigenvalue weighted by Crippen LogP contribution is 2.54. The lowest BCUT2D eigenvalue weighted by atomic mass is 9.73. The zero-order valence-corrected chi connectivity index (χ0v) is 16.5. The molecule has 1 N–H and O–H groups in total. The van der Waals surface area contributed by atoms with Crippen molar-refractivity contribution < 1.29 is 23.8 Å². The molecule has 5 heterocycles. The summed E-state index contributed by atoms with van der Waals surface area (Å²) >= 11 is 0. The van der Waals surface area contributed by atoms with Gasteiger partial charge in [-0.15, -0.1) is 0 Å². The van der Waals surface area contributed by atoms with Crippen LogP contribution in [0.15, 0.2) is 30.2 Å². The van der Waals surface area contributed by atoms with Gasteiger partial charge >= 0.3 is 0 Å². The van der Waals surface area contributed by atoms with Gasteiger partial charge in [-0.3, -0.25) is 9.59 Å². The van der Waals surface area contributed by atoms with Gasteiger partial charge in [-0.25, -0.2) is 4.98 Å². The van der Waals surface area contributed by atoms with E-state index in [0.29, 0.717) is 44.4 Å². The maximum atomic E-state index is 13.0. The molecule has 0 aliphatic carbocycles. The molecule has 4 aliphatic heterocycles. The van der Waals surface area contributed by atoms with E-state index in [2.05, 4.69) is 10.3 Å². The van der Waals surface area contributed by atoms with Crippen LogP contribution in [0.2, 0.25) is 0 Å². The number of amides is 2. The zero-order valence-electron chi connectivity index (χ0n) is 16.5. The molecule has 0 radical (unpaired) electrons. The number of ether oxygens (including phenoxy) is 3. The molecule has 4 atom stereocenters. The number of carbonyl (C=O) groups excluding carboxylic acids is 2. The molecule has 5 rings (SSSR count). The van der Waals surface area contributed by atoms with Gasteiger partial charge in [-0.05, 0) is 19.8 Å². The van der Waals surface area contributed by atoms with Gasteiger partial charge in [0.25, 0.3) is 5.91 Å². The highest BCUT2D eigenvalue weighted by atomic mass is 16.6. The number of likely N-dealkylation sites (tertiary alicyclic amines) is 1. The van der Waals surface area contributed by atoms with Crippen LogP contribution in [0.3, 0.4) is 0 Å². The first kappa shape index (κ1) is 18.5. The van der Waals surface area contributed by atoms with Crippen molar-refractivity contribution in [1.29, 1.82) is 0 Å². The van der Waals surface area contributed by atoms with E-state index in [-0.39, 0.29) is 41.9 Å². The summed E-state index contributed by atoms with van der Waals surface area (Å²) in [5.41, 5.74) is -0.288. The molecular formula is C20H26N4O5. The Morgan fingerprint density at radius 2 is 2.21 bits per heavy atom. The van der Waals surface area contributed by atoms with Crippen LogP contribution >= 0.6 is 0 Å². The summed E-state index contributed by atoms with van der Waals surface area (Å²) in [7, 11) is 0. The van der Waals surface area contributed by atoms with Crippen molar-refractivity contribution in [3.63, 3.8) is 0 Å². The second-order valence-corrected chi connectivity index (χ2v) is 8.34. The van der Waals surface area contributed by atoms with Gasteiger partial charge in [-0.1, -0.05) is 0 Å². The quantitative estimate of drug-likeness (QED) is 0.761. The SMILES string of the molecule is CC1=C(C(=O)N2C[C@@H]3[C@H](CNC(=O)Cn4ccnc4)[C@H]4CC[C@]3(C2)O4)OCCO1. The fourth-order valence-corrected chi connectivity index (χ4v) is 5.31. The second-order valence-electron chi connectivity index (χ2n) is 8.34. The van der Waals surface area contributed by atoms with Crippen molar-refractivity contribution in [3.05, 3.63) is 30.2 Å². The van der Waals surface area contributed by atoms with Crippen molar-refractivity contribution in [2.24, 2.45) is 11.8 Å². The first-order valence-electron chi connectivity index (χ1n) is 10.2. The molecule has 9 nitrogen and oxygen atoms in total. The molecule has 29 heavy (non-hydrogen) atoms. The first-order valence-corrected chi connectivity index (χ1v) is 10.2. The maximum Gasteiger partial charge on any atom is 0.292 e. The average molecular weight is 402 g/mol. The molecule has 1 spiro atoms. The van der Waals surface area contributed by atoms with Gasteiger partial charge in [0, 0.05) is 37.3 Å². The van der Waals surface area contributed by atoms with Gasteiger partial charge in [-0.2, -0.15) is 0 Å². The van der Waals surface area contributed by atoms with Crippen LogP contribution in [0, 0.1) is 11.8 Å². The third kappa shape index (κ3) is 3.17. The zero-order chi connectivity index (χ0) is 20.0. The number of hydrogen-bond acceptors (Lipinski definition) is 6. The van der Waals surface area contributed by atoms with Crippen molar-refractivity contribution in [1.82, 2.24) is 19.8 Å². The van der Waals surface area contributed by atoms with Gasteiger partial charge < -0.3 is 29.0 Å². The summed E-state index contributed by atoms with van der Waals surface area (Å²) < 4.78 is 19.2. The van der Waals surface area contributed by atoms with Crippen LogP contribution in [0.1, 0.15) is 19.8 Å². The standard InChI is InChI=1S/C20H26N4O5/c1-13-18(28-7-6-27-13)19(26)24-9-15-14(16-2-3-20(15,11-24)29-16)8-22-17(25)10-23-5-4-21-12-23/h4-5,12,14-16H,2-3,6-11H2,1H3,(H,22,25)/t14-,15+,16+,20+/m0/s1. The average Bonchev–Trinajstić information content (AvgIpc) is 3.47. The number of allylic oxidation sites excluding steroid dienone is 1. The van der Waals surface area contributed by atoms with Crippen molar-refractivity contribution in [2.45, 2.75) is 38.0 Å². The lowest BCUT2D eigenvalue weighted by Gasteiger charge is -2.29. The fourth-order valence-electron chi connectivity index (χ4n) is 5.31. The molecule has 2 amide bonds. The summed E-state index contributed by atoms with van der Waals surface area (Å²) in [6.45, 7) is 4.65. The molecule has 9 heteroatoms. The molecule has 3 fully saturated rings. The first-order chi connectivity index (χ1) is 14.1. The number of nitrogens with zero attached hydrogens (tertiary/aromatic N) is 3. The molecule has 0 unspecified atom stereocenters. The summed E-state index contributed by atoms with van der Waals surface area (Å²) in [5.74, 6) is 1.13. The van der Waals surface area contributed by atoms with Crippen molar-refractivity contribution >= 4 is 11.8 Å². The molecule has 0 aromatic carbocycles. The largest absolute Gasteiger partial charge is 0.491 e. The second kappa shape index (κ2) is 7.05. The number of aromatic nitrogens is 2. The molecule has 4 aliphatic rings. The Morgan fingerprint density at radius 1 is 1.34 bits per heavy atom. The lowest BCUT2D eigenvalue weighted by molar-refractivity contribution is -0.133. The molecule has 2 bridgehead atoms. The molecule has 1 aromatic heterocycles. The number of rotatable bonds is 5. The van der Waals surface area contributed by atoms with Gasteiger partial charge in [0.15, 0.2) is 0 Å². The highest BCUT2D eigenvalue weighted by molar-refractivity contribution is 5.92. The molecule has 0 saturated carbocycles. The number of fused-ring (bicyclic) bond motifs is 1. The Bertz CT molecular complexity index is 838. The minimum atomic E-state index is -0.288. The van der Waals surface area contributed by atoms with Gasteiger partial charge in [0.2, 0.25) is 11.7 Å². The minimum absolute atomic E-state index is 0.0423. The van der Waals surface area contributed by atoms with Crippen LogP contribution in [0.4, 0.5) is 0 Å². The van der Waals surface area contributed by atoms with Crippen molar-refractivity contribution in [3.8, 4) is 0 Å². The van der Waals surface area contributed by atoms with Gasteiger partial charge in [0.05, 0.1) is 24.6 Å². The van der Waals surface area contributed by atoms with Crippen LogP contribution in [0.25, 0.3) is 0 Å². The van der Waals surface area contributed by atoms with Gasteiger partial charge in [0.1, 0.15) is 25.5 Å². The van der Waals surface area contributed by atoms with Crippen LogP contribution in [0.5, 0.6) is 0 Å². The Hall–Kier alpha value is -2.55. The third-order valence-corrected chi connectivity index (χ3v) is 6.65. The van der Waals surface area contributed by atoms with E-state index in [4.69, 9.17) is 14.2 Å². The fraction of sp³-hybridized carbons (Fsp3) is 0.650. The molecule has 3 saturated heterocycles. The predicted molar refractivity (Wildman–Crippen MR) is 100 cm³/mol. The predicted octanol–water partition coefficient (Wildman–Crippen LogP) is 0.284. The smallest absolute Gasteiger partial charge is 0.292 e. The highest BCUT2D eigenvalue weighted by Gasteiger charge is 2.63. The van der Waals surface area contributed by atoms with E-state index in [1.807, 2.05) is 4.90 Å². The number of nitrogens with one attached hydrogen (secondary N) is 1. The van der Waals surface area contributed by atoms with E-state index in [9.17, 15) is 9.59 Å². The topological polar surface area (TPSA) is 94.9 Å². The van der Waals surface area contributed by atoms with E-state index >= 15 is 0 Å². The minimum Gasteiger partial charge on any atom is -0.491 e. The lowest BCUT2D eigenvalue weighted by Crippen LogP contribution is -2.42. The third-order valence-electron chi connectivity index (χ3n) is 6.65. The van der Waals surface area contributed by atoms with E-state index in [0.717, 1.165) is 12.8 Å². The van der Waals surface area contributed by atoms with E-state index < -0.39 is 0 Å². The van der Waals surface area contributed by atoms with Crippen LogP contribution < -0.4 is 5.32 Å². The maximum absolute atomic E-state index is 13.0. The summed E-state index contributed by atoms with van der Waals surface area (Å²) in [5, 5.41) is 3.05. The number of imidazole rings is 1. The Kier molecular flexibility index (Phi) is 4.49. The number of hydrogen-bond donors (Lipinski definition) is 1. The monoisotopic (exact) mass is 402 g/mol. The normalized spacial score (nSPS) is 32.7.